The molecule has 1 saturated heterocycles. The molecular formula is C26H32ClF2N5O5. The quantitative estimate of drug-likeness (QED) is 0.429. The van der Waals surface area contributed by atoms with Gasteiger partial charge in [-0.1, -0.05) is 23.7 Å². The number of ether oxygens (including phenoxy) is 2. The number of carbonyl (C=O) groups is 3. The number of aromatic nitrogens is 1. The first-order valence-corrected chi connectivity index (χ1v) is 12.5. The highest BCUT2D eigenvalue weighted by molar-refractivity contribution is 6.31. The number of nitrogens with one attached hydrogen (secondary N) is 3. The molecule has 2 aromatic rings. The van der Waals surface area contributed by atoms with E-state index in [1.165, 1.54) is 19.4 Å². The Hall–Kier alpha value is -3.51. The fourth-order valence-electron chi connectivity index (χ4n) is 3.95. The van der Waals surface area contributed by atoms with Gasteiger partial charge in [0, 0.05) is 18.3 Å². The summed E-state index contributed by atoms with van der Waals surface area (Å²) in [5.41, 5.74) is 0.747. The second-order valence-corrected chi connectivity index (χ2v) is 10.6. The third-order valence-electron chi connectivity index (χ3n) is 5.72. The maximum Gasteiger partial charge on any atom is 0.408 e. The summed E-state index contributed by atoms with van der Waals surface area (Å²) in [6, 6.07) is 5.15. The van der Waals surface area contributed by atoms with Crippen LogP contribution in [0.15, 0.2) is 36.5 Å². The molecule has 10 nitrogen and oxygen atoms in total. The molecule has 0 spiro atoms. The zero-order valence-corrected chi connectivity index (χ0v) is 23.1. The van der Waals surface area contributed by atoms with Crippen LogP contribution in [0.25, 0.3) is 0 Å². The first-order valence-electron chi connectivity index (χ1n) is 12.1. The average molecular weight is 568 g/mol. The molecule has 1 aliphatic heterocycles. The predicted molar refractivity (Wildman–Crippen MR) is 141 cm³/mol. The van der Waals surface area contributed by atoms with E-state index in [2.05, 4.69) is 20.9 Å². The molecule has 0 radical (unpaired) electrons. The van der Waals surface area contributed by atoms with Crippen LogP contribution in [0.3, 0.4) is 0 Å². The maximum absolute atomic E-state index is 14.1. The monoisotopic (exact) mass is 567 g/mol. The van der Waals surface area contributed by atoms with Crippen molar-refractivity contribution in [2.45, 2.75) is 51.3 Å². The van der Waals surface area contributed by atoms with E-state index >= 15 is 0 Å². The number of anilines is 1. The molecule has 0 aliphatic carbocycles. The SMILES string of the molecule is COC[C@H](c1ccnc(NC(=O)[C@@H](NC(=O)OC(C)(C)C)c2ccc(Cl)c(C)c2)c1)N1CC(F)(F)CNC1=O. The van der Waals surface area contributed by atoms with Gasteiger partial charge in [0.2, 0.25) is 0 Å². The van der Waals surface area contributed by atoms with Crippen LogP contribution in [-0.4, -0.2) is 66.2 Å². The molecule has 0 saturated carbocycles. The average Bonchev–Trinajstić information content (AvgIpc) is 2.83. The number of alkyl carbamates (subject to hydrolysis) is 1. The number of hydrogen-bond donors (Lipinski definition) is 3. The Morgan fingerprint density at radius 2 is 1.95 bits per heavy atom. The molecule has 3 rings (SSSR count). The molecule has 2 atom stereocenters. The highest BCUT2D eigenvalue weighted by atomic mass is 35.5. The number of alkyl halides is 2. The van der Waals surface area contributed by atoms with Gasteiger partial charge in [0.25, 0.3) is 11.8 Å². The van der Waals surface area contributed by atoms with Crippen LogP contribution in [0.5, 0.6) is 0 Å². The number of amides is 4. The van der Waals surface area contributed by atoms with Crippen LogP contribution in [0.1, 0.15) is 49.5 Å². The third-order valence-corrected chi connectivity index (χ3v) is 6.14. The topological polar surface area (TPSA) is 122 Å². The Bertz CT molecular complexity index is 1220. The highest BCUT2D eigenvalue weighted by Gasteiger charge is 2.42. The summed E-state index contributed by atoms with van der Waals surface area (Å²) in [5, 5.41) is 7.90. The molecule has 1 aromatic heterocycles. The minimum atomic E-state index is -3.12. The normalized spacial score (nSPS) is 16.6. The standard InChI is InChI=1S/C26H32ClF2N5O5/c1-15-10-17(6-7-18(15)27)21(33-24(37)39-25(2,3)4)22(35)32-20-11-16(8-9-30-20)19(12-38-5)34-14-26(28,29)13-31-23(34)36/h6-11,19,21H,12-14H2,1-5H3,(H,31,36)(H,33,37)(H,30,32,35)/t19-,21+/m1/s1. The van der Waals surface area contributed by atoms with Gasteiger partial charge < -0.3 is 30.3 Å². The lowest BCUT2D eigenvalue weighted by Gasteiger charge is -2.38. The third kappa shape index (κ3) is 8.24. The summed E-state index contributed by atoms with van der Waals surface area (Å²) in [5.74, 6) is -3.69. The van der Waals surface area contributed by atoms with E-state index in [4.69, 9.17) is 21.1 Å². The minimum absolute atomic E-state index is 0.0736. The van der Waals surface area contributed by atoms with E-state index in [0.717, 1.165) is 4.90 Å². The van der Waals surface area contributed by atoms with E-state index in [-0.39, 0.29) is 12.4 Å². The zero-order valence-electron chi connectivity index (χ0n) is 22.3. The maximum atomic E-state index is 14.1. The van der Waals surface area contributed by atoms with Crippen LogP contribution < -0.4 is 16.0 Å². The van der Waals surface area contributed by atoms with Gasteiger partial charge in [-0.2, -0.15) is 0 Å². The summed E-state index contributed by atoms with van der Waals surface area (Å²) in [6.45, 7) is 5.21. The van der Waals surface area contributed by atoms with Gasteiger partial charge in [-0.05, 0) is 62.6 Å². The van der Waals surface area contributed by atoms with E-state index in [1.807, 2.05) is 0 Å². The van der Waals surface area contributed by atoms with Crippen molar-refractivity contribution in [3.63, 3.8) is 0 Å². The summed E-state index contributed by atoms with van der Waals surface area (Å²) < 4.78 is 38.7. The highest BCUT2D eigenvalue weighted by Crippen LogP contribution is 2.29. The molecular weight excluding hydrogens is 536 g/mol. The number of carbonyl (C=O) groups excluding carboxylic acids is 3. The number of urea groups is 1. The van der Waals surface area contributed by atoms with Gasteiger partial charge >= 0.3 is 12.1 Å². The Balaban J connectivity index is 1.88. The van der Waals surface area contributed by atoms with E-state index in [9.17, 15) is 23.2 Å². The van der Waals surface area contributed by atoms with Crippen molar-refractivity contribution in [3.05, 3.63) is 58.2 Å². The lowest BCUT2D eigenvalue weighted by molar-refractivity contribution is -0.118. The number of methoxy groups -OCH3 is 1. The molecule has 1 aliphatic rings. The molecule has 2 heterocycles. The van der Waals surface area contributed by atoms with Gasteiger partial charge in [0.05, 0.1) is 25.7 Å². The molecule has 13 heteroatoms. The molecule has 4 amide bonds. The number of aryl methyl sites for hydroxylation is 1. The van der Waals surface area contributed by atoms with Crippen molar-refractivity contribution in [1.82, 2.24) is 20.5 Å². The van der Waals surface area contributed by atoms with Crippen LogP contribution in [0, 0.1) is 6.92 Å². The Kier molecular flexibility index (Phi) is 9.34. The number of halogens is 3. The zero-order chi connectivity index (χ0) is 29.0. The largest absolute Gasteiger partial charge is 0.444 e. The van der Waals surface area contributed by atoms with Crippen molar-refractivity contribution < 1.29 is 32.6 Å². The number of pyridine rings is 1. The van der Waals surface area contributed by atoms with Gasteiger partial charge in [0.1, 0.15) is 17.5 Å². The summed E-state index contributed by atoms with van der Waals surface area (Å²) in [6.07, 6.45) is 0.560. The molecule has 1 fully saturated rings. The van der Waals surface area contributed by atoms with E-state index in [1.54, 1.807) is 52.0 Å². The predicted octanol–water partition coefficient (Wildman–Crippen LogP) is 4.60. The Labute approximate surface area is 230 Å². The molecule has 0 bridgehead atoms. The minimum Gasteiger partial charge on any atom is -0.444 e. The van der Waals surface area contributed by atoms with E-state index < -0.39 is 54.7 Å². The summed E-state index contributed by atoms with van der Waals surface area (Å²) in [4.78, 5) is 43.5. The van der Waals surface area contributed by atoms with Crippen LogP contribution in [0.4, 0.5) is 24.2 Å². The molecule has 1 aromatic carbocycles. The lowest BCUT2D eigenvalue weighted by atomic mass is 10.0. The fraction of sp³-hybridized carbons (Fsp3) is 0.462. The second-order valence-electron chi connectivity index (χ2n) is 10.2. The first-order chi connectivity index (χ1) is 18.2. The molecule has 212 valence electrons. The number of hydrogen-bond acceptors (Lipinski definition) is 6. The lowest BCUT2D eigenvalue weighted by Crippen LogP contribution is -2.58. The second kappa shape index (κ2) is 12.1. The molecule has 3 N–H and O–H groups in total. The van der Waals surface area contributed by atoms with Gasteiger partial charge in [-0.3, -0.25) is 4.79 Å². The molecule has 39 heavy (non-hydrogen) atoms. The van der Waals surface area contributed by atoms with Crippen LogP contribution >= 0.6 is 11.6 Å². The van der Waals surface area contributed by atoms with Crippen molar-refractivity contribution in [2.75, 3.05) is 32.1 Å². The summed E-state index contributed by atoms with van der Waals surface area (Å²) in [7, 11) is 1.39. The number of benzene rings is 1. The van der Waals surface area contributed by atoms with Crippen LogP contribution in [0.2, 0.25) is 5.02 Å². The van der Waals surface area contributed by atoms with Gasteiger partial charge in [0.15, 0.2) is 0 Å². The van der Waals surface area contributed by atoms with Crippen molar-refractivity contribution >= 4 is 35.5 Å². The van der Waals surface area contributed by atoms with Crippen molar-refractivity contribution in [1.29, 1.82) is 0 Å². The van der Waals surface area contributed by atoms with Gasteiger partial charge in [-0.25, -0.2) is 23.4 Å². The summed E-state index contributed by atoms with van der Waals surface area (Å²) >= 11 is 6.14. The fourth-order valence-corrected chi connectivity index (χ4v) is 4.07. The number of nitrogens with zero attached hydrogens (tertiary/aromatic N) is 2. The van der Waals surface area contributed by atoms with Crippen molar-refractivity contribution in [3.8, 4) is 0 Å². The smallest absolute Gasteiger partial charge is 0.408 e. The Morgan fingerprint density at radius 1 is 1.23 bits per heavy atom. The molecule has 0 unspecified atom stereocenters. The number of rotatable bonds is 8. The van der Waals surface area contributed by atoms with Crippen LogP contribution in [-0.2, 0) is 14.3 Å². The van der Waals surface area contributed by atoms with Crippen molar-refractivity contribution in [2.24, 2.45) is 0 Å². The van der Waals surface area contributed by atoms with E-state index in [0.29, 0.717) is 21.7 Å². The first kappa shape index (κ1) is 30.0. The Morgan fingerprint density at radius 3 is 2.59 bits per heavy atom. The van der Waals surface area contributed by atoms with Gasteiger partial charge in [-0.15, -0.1) is 0 Å².